The molecule has 1 heterocycles. The lowest BCUT2D eigenvalue weighted by Gasteiger charge is -2.27. The van der Waals surface area contributed by atoms with Gasteiger partial charge >= 0.3 is 0 Å². The number of hydrogen-bond donors (Lipinski definition) is 1. The van der Waals surface area contributed by atoms with Crippen LogP contribution in [0.4, 0.5) is 0 Å². The summed E-state index contributed by atoms with van der Waals surface area (Å²) in [5.41, 5.74) is 2.79. The van der Waals surface area contributed by atoms with Gasteiger partial charge in [-0.05, 0) is 50.4 Å². The third-order valence-corrected chi connectivity index (χ3v) is 4.30. The van der Waals surface area contributed by atoms with Crippen molar-refractivity contribution >= 4 is 0 Å². The molecule has 0 aromatic heterocycles. The first-order valence-electron chi connectivity index (χ1n) is 8.22. The first-order valence-corrected chi connectivity index (χ1v) is 8.22. The second-order valence-corrected chi connectivity index (χ2v) is 6.39. The van der Waals surface area contributed by atoms with Gasteiger partial charge in [0.05, 0.1) is 6.10 Å². The van der Waals surface area contributed by atoms with Gasteiger partial charge in [-0.25, -0.2) is 0 Å². The topological polar surface area (TPSA) is 24.5 Å². The Labute approximate surface area is 129 Å². The van der Waals surface area contributed by atoms with Crippen molar-refractivity contribution in [1.29, 1.82) is 0 Å². The van der Waals surface area contributed by atoms with Crippen LogP contribution in [0.15, 0.2) is 24.3 Å². The third kappa shape index (κ3) is 5.42. The quantitative estimate of drug-likeness (QED) is 0.835. The first-order chi connectivity index (χ1) is 10.2. The molecule has 0 saturated carbocycles. The molecule has 0 aliphatic carbocycles. The van der Waals surface area contributed by atoms with E-state index >= 15 is 0 Å². The van der Waals surface area contributed by atoms with Gasteiger partial charge < -0.3 is 10.1 Å². The number of rotatable bonds is 7. The van der Waals surface area contributed by atoms with Gasteiger partial charge in [-0.1, -0.05) is 31.2 Å². The zero-order valence-electron chi connectivity index (χ0n) is 13.8. The van der Waals surface area contributed by atoms with Crippen LogP contribution in [0.2, 0.25) is 0 Å². The van der Waals surface area contributed by atoms with Crippen LogP contribution in [0.25, 0.3) is 0 Å². The molecule has 1 fully saturated rings. The molecule has 0 radical (unpaired) electrons. The van der Waals surface area contributed by atoms with E-state index in [2.05, 4.69) is 48.5 Å². The highest BCUT2D eigenvalue weighted by molar-refractivity contribution is 5.25. The van der Waals surface area contributed by atoms with Gasteiger partial charge in [0, 0.05) is 26.2 Å². The first kappa shape index (κ1) is 16.5. The summed E-state index contributed by atoms with van der Waals surface area (Å²) in [7, 11) is 4.20. The van der Waals surface area contributed by atoms with Gasteiger partial charge in [0.2, 0.25) is 0 Å². The van der Waals surface area contributed by atoms with E-state index in [0.29, 0.717) is 12.0 Å². The van der Waals surface area contributed by atoms with E-state index in [-0.39, 0.29) is 0 Å². The zero-order chi connectivity index (χ0) is 15.1. The fourth-order valence-electron chi connectivity index (χ4n) is 3.05. The lowest BCUT2D eigenvalue weighted by molar-refractivity contribution is -0.00259. The van der Waals surface area contributed by atoms with Crippen LogP contribution in [0, 0.1) is 0 Å². The molecule has 0 spiro atoms. The van der Waals surface area contributed by atoms with Gasteiger partial charge in [0.25, 0.3) is 0 Å². The Morgan fingerprint density at radius 2 is 2.05 bits per heavy atom. The van der Waals surface area contributed by atoms with E-state index in [1.165, 1.54) is 30.4 Å². The van der Waals surface area contributed by atoms with E-state index in [1.807, 2.05) is 7.05 Å². The summed E-state index contributed by atoms with van der Waals surface area (Å²) in [5.74, 6) is 0.567. The van der Waals surface area contributed by atoms with Crippen molar-refractivity contribution in [3.63, 3.8) is 0 Å². The number of nitrogens with one attached hydrogen (secondary N) is 1. The molecule has 0 bridgehead atoms. The molecule has 3 nitrogen and oxygen atoms in total. The largest absolute Gasteiger partial charge is 0.377 e. The van der Waals surface area contributed by atoms with Gasteiger partial charge in [0.15, 0.2) is 0 Å². The van der Waals surface area contributed by atoms with Crippen molar-refractivity contribution in [2.75, 3.05) is 33.8 Å². The predicted octanol–water partition coefficient (Wildman–Crippen LogP) is 3.01. The van der Waals surface area contributed by atoms with Crippen LogP contribution in [0.3, 0.4) is 0 Å². The average molecular weight is 290 g/mol. The van der Waals surface area contributed by atoms with E-state index in [4.69, 9.17) is 4.74 Å². The van der Waals surface area contributed by atoms with E-state index < -0.39 is 0 Å². The van der Waals surface area contributed by atoms with Gasteiger partial charge in [0.1, 0.15) is 0 Å². The van der Waals surface area contributed by atoms with Gasteiger partial charge in [-0.2, -0.15) is 0 Å². The van der Waals surface area contributed by atoms with Crippen molar-refractivity contribution in [2.45, 2.75) is 44.8 Å². The lowest BCUT2D eigenvalue weighted by atomic mass is 9.99. The van der Waals surface area contributed by atoms with Crippen LogP contribution >= 0.6 is 0 Å². The molecule has 1 aromatic rings. The van der Waals surface area contributed by atoms with Crippen molar-refractivity contribution in [1.82, 2.24) is 10.2 Å². The molecule has 2 unspecified atom stereocenters. The highest BCUT2D eigenvalue weighted by atomic mass is 16.5. The van der Waals surface area contributed by atoms with Crippen LogP contribution in [0.1, 0.15) is 43.2 Å². The molecule has 1 N–H and O–H groups in total. The zero-order valence-corrected chi connectivity index (χ0v) is 13.8. The van der Waals surface area contributed by atoms with Crippen LogP contribution in [-0.2, 0) is 11.3 Å². The molecule has 0 amide bonds. The van der Waals surface area contributed by atoms with Crippen LogP contribution in [-0.4, -0.2) is 44.8 Å². The highest BCUT2D eigenvalue weighted by Crippen LogP contribution is 2.17. The summed E-state index contributed by atoms with van der Waals surface area (Å²) in [6.07, 6.45) is 4.19. The summed E-state index contributed by atoms with van der Waals surface area (Å²) in [5, 5.41) is 3.24. The van der Waals surface area contributed by atoms with Crippen molar-refractivity contribution < 1.29 is 4.74 Å². The Kier molecular flexibility index (Phi) is 6.68. The monoisotopic (exact) mass is 290 g/mol. The number of likely N-dealkylation sites (N-methyl/N-ethyl adjacent to an activating group) is 2. The number of benzene rings is 1. The molecular weight excluding hydrogens is 260 g/mol. The summed E-state index contributed by atoms with van der Waals surface area (Å²) in [6.45, 7) is 6.27. The number of nitrogens with zero attached hydrogens (tertiary/aromatic N) is 1. The molecule has 3 heteroatoms. The molecule has 1 saturated heterocycles. The molecule has 1 aliphatic heterocycles. The summed E-state index contributed by atoms with van der Waals surface area (Å²) in [6, 6.07) is 9.06. The van der Waals surface area contributed by atoms with Gasteiger partial charge in [-0.3, -0.25) is 4.90 Å². The fraction of sp³-hybridized carbons (Fsp3) is 0.667. The van der Waals surface area contributed by atoms with Crippen molar-refractivity contribution in [2.24, 2.45) is 0 Å². The summed E-state index contributed by atoms with van der Waals surface area (Å²) < 4.78 is 5.82. The van der Waals surface area contributed by atoms with Crippen molar-refractivity contribution in [3.8, 4) is 0 Å². The molecule has 21 heavy (non-hydrogen) atoms. The second kappa shape index (κ2) is 8.52. The Morgan fingerprint density at radius 1 is 1.29 bits per heavy atom. The third-order valence-electron chi connectivity index (χ3n) is 4.30. The van der Waals surface area contributed by atoms with Crippen LogP contribution in [0.5, 0.6) is 0 Å². The molecule has 118 valence electrons. The van der Waals surface area contributed by atoms with Crippen LogP contribution < -0.4 is 5.32 Å². The van der Waals surface area contributed by atoms with E-state index in [0.717, 1.165) is 26.2 Å². The van der Waals surface area contributed by atoms with Gasteiger partial charge in [-0.15, -0.1) is 0 Å². The molecule has 1 aromatic carbocycles. The Morgan fingerprint density at radius 3 is 2.67 bits per heavy atom. The SMILES string of the molecule is CNCC(C)c1ccc(CN(C)CC2CCCCO2)cc1. The smallest absolute Gasteiger partial charge is 0.0702 e. The predicted molar refractivity (Wildman–Crippen MR) is 88.7 cm³/mol. The van der Waals surface area contributed by atoms with E-state index in [1.54, 1.807) is 0 Å². The minimum absolute atomic E-state index is 0.429. The normalized spacial score (nSPS) is 20.7. The minimum atomic E-state index is 0.429. The molecule has 2 rings (SSSR count). The highest BCUT2D eigenvalue weighted by Gasteiger charge is 2.15. The van der Waals surface area contributed by atoms with Crippen molar-refractivity contribution in [3.05, 3.63) is 35.4 Å². The maximum Gasteiger partial charge on any atom is 0.0702 e. The fourth-order valence-corrected chi connectivity index (χ4v) is 3.05. The Bertz CT molecular complexity index is 398. The molecular formula is C18H30N2O. The Hall–Kier alpha value is -0.900. The van der Waals surface area contributed by atoms with E-state index in [9.17, 15) is 0 Å². The average Bonchev–Trinajstić information content (AvgIpc) is 2.49. The maximum absolute atomic E-state index is 5.82. The lowest BCUT2D eigenvalue weighted by Crippen LogP contribution is -2.33. The Balaban J connectivity index is 1.81. The molecule has 2 atom stereocenters. The maximum atomic E-state index is 5.82. The number of hydrogen-bond acceptors (Lipinski definition) is 3. The summed E-state index contributed by atoms with van der Waals surface area (Å²) in [4.78, 5) is 2.38. The second-order valence-electron chi connectivity index (χ2n) is 6.39. The minimum Gasteiger partial charge on any atom is -0.377 e. The molecule has 1 aliphatic rings. The summed E-state index contributed by atoms with van der Waals surface area (Å²) >= 11 is 0. The number of ether oxygens (including phenoxy) is 1. The standard InChI is InChI=1S/C18H30N2O/c1-15(12-19-2)17-9-7-16(8-10-17)13-20(3)14-18-6-4-5-11-21-18/h7-10,15,18-19H,4-6,11-14H2,1-3H3.